The van der Waals surface area contributed by atoms with Gasteiger partial charge in [0.15, 0.2) is 0 Å². The number of nitrogens with zero attached hydrogens (tertiary/aromatic N) is 3. The van der Waals surface area contributed by atoms with Crippen LogP contribution in [-0.4, -0.2) is 51.9 Å². The zero-order valence-electron chi connectivity index (χ0n) is 15.5. The van der Waals surface area contributed by atoms with Gasteiger partial charge in [0.05, 0.1) is 5.92 Å². The normalized spacial score (nSPS) is 24.9. The number of piperidine rings is 1. The standard InChI is InChI=1S/C21H28N4O/c1-16-13-24(14-17-5-3-2-4-6-17)15-19(16)21(26)25-11-7-18(8-12-25)20-22-9-10-23-20/h2-6,9-10,16,18-19H,7-8,11-15H2,1H3,(H,22,23)/t16-,19-/m1/s1. The van der Waals surface area contributed by atoms with Gasteiger partial charge in [-0.25, -0.2) is 4.98 Å². The lowest BCUT2D eigenvalue weighted by atomic mass is 9.92. The molecule has 2 saturated heterocycles. The van der Waals surface area contributed by atoms with Crippen molar-refractivity contribution in [2.45, 2.75) is 32.2 Å². The minimum atomic E-state index is 0.138. The van der Waals surface area contributed by atoms with Gasteiger partial charge in [0.1, 0.15) is 5.82 Å². The molecule has 4 rings (SSSR count). The maximum Gasteiger partial charge on any atom is 0.227 e. The van der Waals surface area contributed by atoms with Crippen molar-refractivity contribution >= 4 is 5.91 Å². The molecule has 2 fully saturated rings. The monoisotopic (exact) mass is 352 g/mol. The zero-order valence-corrected chi connectivity index (χ0v) is 15.5. The van der Waals surface area contributed by atoms with Crippen molar-refractivity contribution in [2.24, 2.45) is 11.8 Å². The van der Waals surface area contributed by atoms with E-state index in [0.717, 1.165) is 51.4 Å². The number of hydrogen-bond acceptors (Lipinski definition) is 3. The van der Waals surface area contributed by atoms with E-state index >= 15 is 0 Å². The highest BCUT2D eigenvalue weighted by molar-refractivity contribution is 5.79. The zero-order chi connectivity index (χ0) is 17.9. The van der Waals surface area contributed by atoms with Crippen LogP contribution in [0.2, 0.25) is 0 Å². The first-order chi connectivity index (χ1) is 12.7. The molecule has 0 bridgehead atoms. The predicted octanol–water partition coefficient (Wildman–Crippen LogP) is 2.88. The molecule has 1 aromatic carbocycles. The van der Waals surface area contributed by atoms with Gasteiger partial charge >= 0.3 is 0 Å². The molecule has 26 heavy (non-hydrogen) atoms. The summed E-state index contributed by atoms with van der Waals surface area (Å²) in [6, 6.07) is 10.6. The van der Waals surface area contributed by atoms with Crippen LogP contribution >= 0.6 is 0 Å². The van der Waals surface area contributed by atoms with Gasteiger partial charge in [-0.05, 0) is 24.3 Å². The van der Waals surface area contributed by atoms with E-state index in [1.165, 1.54) is 5.56 Å². The van der Waals surface area contributed by atoms with Crippen LogP contribution in [-0.2, 0) is 11.3 Å². The van der Waals surface area contributed by atoms with E-state index in [1.807, 2.05) is 12.4 Å². The number of carbonyl (C=O) groups excluding carboxylic acids is 1. The van der Waals surface area contributed by atoms with Crippen LogP contribution in [0.25, 0.3) is 0 Å². The molecule has 2 aromatic rings. The van der Waals surface area contributed by atoms with Gasteiger partial charge in [-0.15, -0.1) is 0 Å². The van der Waals surface area contributed by atoms with Gasteiger partial charge in [0, 0.05) is 51.0 Å². The topological polar surface area (TPSA) is 52.2 Å². The predicted molar refractivity (Wildman–Crippen MR) is 102 cm³/mol. The van der Waals surface area contributed by atoms with Crippen LogP contribution in [0.5, 0.6) is 0 Å². The lowest BCUT2D eigenvalue weighted by molar-refractivity contribution is -0.137. The number of aromatic amines is 1. The molecular weight excluding hydrogens is 324 g/mol. The second-order valence-electron chi connectivity index (χ2n) is 7.84. The Hall–Kier alpha value is -2.14. The minimum Gasteiger partial charge on any atom is -0.348 e. The van der Waals surface area contributed by atoms with Gasteiger partial charge in [0.25, 0.3) is 0 Å². The van der Waals surface area contributed by atoms with Crippen molar-refractivity contribution in [3.05, 3.63) is 54.1 Å². The van der Waals surface area contributed by atoms with E-state index < -0.39 is 0 Å². The van der Waals surface area contributed by atoms with Crippen LogP contribution in [0.15, 0.2) is 42.7 Å². The van der Waals surface area contributed by atoms with Crippen LogP contribution in [0.4, 0.5) is 0 Å². The Balaban J connectivity index is 1.32. The van der Waals surface area contributed by atoms with Crippen molar-refractivity contribution in [2.75, 3.05) is 26.2 Å². The highest BCUT2D eigenvalue weighted by atomic mass is 16.2. The number of amides is 1. The van der Waals surface area contributed by atoms with Crippen molar-refractivity contribution in [3.8, 4) is 0 Å². The first kappa shape index (κ1) is 17.3. The molecule has 0 aliphatic carbocycles. The maximum absolute atomic E-state index is 13.1. The van der Waals surface area contributed by atoms with Crippen molar-refractivity contribution in [1.82, 2.24) is 19.8 Å². The van der Waals surface area contributed by atoms with Gasteiger partial charge < -0.3 is 9.88 Å². The van der Waals surface area contributed by atoms with E-state index in [-0.39, 0.29) is 5.92 Å². The average Bonchev–Trinajstić information content (AvgIpc) is 3.32. The van der Waals surface area contributed by atoms with Gasteiger partial charge in [0.2, 0.25) is 5.91 Å². The highest BCUT2D eigenvalue weighted by Crippen LogP contribution is 2.30. The number of hydrogen-bond donors (Lipinski definition) is 1. The summed E-state index contributed by atoms with van der Waals surface area (Å²) in [5.41, 5.74) is 1.33. The Bertz CT molecular complexity index is 707. The molecule has 2 aliphatic heterocycles. The number of H-pyrrole nitrogens is 1. The summed E-state index contributed by atoms with van der Waals surface area (Å²) in [4.78, 5) is 25.2. The van der Waals surface area contributed by atoms with Crippen LogP contribution in [0.3, 0.4) is 0 Å². The van der Waals surface area contributed by atoms with Gasteiger partial charge in [-0.2, -0.15) is 0 Å². The van der Waals surface area contributed by atoms with Crippen molar-refractivity contribution in [3.63, 3.8) is 0 Å². The van der Waals surface area contributed by atoms with E-state index in [1.54, 1.807) is 0 Å². The molecule has 138 valence electrons. The molecule has 0 spiro atoms. The van der Waals surface area contributed by atoms with E-state index in [0.29, 0.717) is 17.7 Å². The Kier molecular flexibility index (Phi) is 5.07. The Morgan fingerprint density at radius 3 is 2.65 bits per heavy atom. The lowest BCUT2D eigenvalue weighted by Gasteiger charge is -2.33. The third-order valence-electron chi connectivity index (χ3n) is 5.97. The summed E-state index contributed by atoms with van der Waals surface area (Å²) in [5.74, 6) is 2.45. The summed E-state index contributed by atoms with van der Waals surface area (Å²) in [6.45, 7) is 6.76. The number of carbonyl (C=O) groups is 1. The van der Waals surface area contributed by atoms with E-state index in [2.05, 4.69) is 57.0 Å². The van der Waals surface area contributed by atoms with Gasteiger partial charge in [-0.1, -0.05) is 37.3 Å². The molecule has 2 aliphatic rings. The summed E-state index contributed by atoms with van der Waals surface area (Å²) in [7, 11) is 0. The summed E-state index contributed by atoms with van der Waals surface area (Å²) < 4.78 is 0. The van der Waals surface area contributed by atoms with E-state index in [9.17, 15) is 4.79 Å². The summed E-state index contributed by atoms with van der Waals surface area (Å²) in [5, 5.41) is 0. The Morgan fingerprint density at radius 2 is 1.96 bits per heavy atom. The van der Waals surface area contributed by atoms with Crippen LogP contribution in [0, 0.1) is 11.8 Å². The van der Waals surface area contributed by atoms with Gasteiger partial charge in [-0.3, -0.25) is 9.69 Å². The van der Waals surface area contributed by atoms with Crippen molar-refractivity contribution < 1.29 is 4.79 Å². The summed E-state index contributed by atoms with van der Waals surface area (Å²) in [6.07, 6.45) is 5.71. The quantitative estimate of drug-likeness (QED) is 0.920. The molecule has 1 aromatic heterocycles. The average molecular weight is 352 g/mol. The largest absolute Gasteiger partial charge is 0.348 e. The molecule has 5 heteroatoms. The number of imidazole rings is 1. The summed E-state index contributed by atoms with van der Waals surface area (Å²) >= 11 is 0. The number of benzene rings is 1. The molecule has 0 radical (unpaired) electrons. The third kappa shape index (κ3) is 3.68. The highest BCUT2D eigenvalue weighted by Gasteiger charge is 2.38. The second kappa shape index (κ2) is 7.62. The fraction of sp³-hybridized carbons (Fsp3) is 0.524. The molecule has 3 heterocycles. The molecule has 0 unspecified atom stereocenters. The number of rotatable bonds is 4. The molecular formula is C21H28N4O. The SMILES string of the molecule is C[C@@H]1CN(Cc2ccccc2)C[C@H]1C(=O)N1CCC(c2ncc[nH]2)CC1. The Morgan fingerprint density at radius 1 is 1.19 bits per heavy atom. The maximum atomic E-state index is 13.1. The van der Waals surface area contributed by atoms with Crippen molar-refractivity contribution in [1.29, 1.82) is 0 Å². The molecule has 2 atom stereocenters. The van der Waals surface area contributed by atoms with Crippen LogP contribution < -0.4 is 0 Å². The smallest absolute Gasteiger partial charge is 0.227 e. The molecule has 5 nitrogen and oxygen atoms in total. The Labute approximate surface area is 155 Å². The molecule has 1 N–H and O–H groups in total. The first-order valence-electron chi connectivity index (χ1n) is 9.75. The molecule has 1 amide bonds. The fourth-order valence-electron chi connectivity index (χ4n) is 4.47. The fourth-order valence-corrected chi connectivity index (χ4v) is 4.47. The minimum absolute atomic E-state index is 0.138. The number of aromatic nitrogens is 2. The first-order valence-corrected chi connectivity index (χ1v) is 9.75. The molecule has 0 saturated carbocycles. The number of nitrogens with one attached hydrogen (secondary N) is 1. The number of likely N-dealkylation sites (tertiary alicyclic amines) is 2. The van der Waals surface area contributed by atoms with Crippen LogP contribution in [0.1, 0.15) is 37.1 Å². The second-order valence-corrected chi connectivity index (χ2v) is 7.84. The van der Waals surface area contributed by atoms with E-state index in [4.69, 9.17) is 0 Å². The lowest BCUT2D eigenvalue weighted by Crippen LogP contribution is -2.43. The third-order valence-corrected chi connectivity index (χ3v) is 5.97.